The van der Waals surface area contributed by atoms with Gasteiger partial charge in [-0.3, -0.25) is 10.2 Å². The quantitative estimate of drug-likeness (QED) is 0.641. The Kier molecular flexibility index (Phi) is 5.49. The minimum atomic E-state index is -3.82. The van der Waals surface area contributed by atoms with Gasteiger partial charge in [-0.15, -0.1) is 0 Å². The van der Waals surface area contributed by atoms with E-state index in [2.05, 4.69) is 15.6 Å². The molecular weight excluding hydrogens is 442 g/mol. The van der Waals surface area contributed by atoms with Crippen molar-refractivity contribution >= 4 is 27.3 Å². The highest BCUT2D eigenvalue weighted by atomic mass is 32.2. The highest BCUT2D eigenvalue weighted by molar-refractivity contribution is 7.93. The second-order valence-electron chi connectivity index (χ2n) is 8.21. The van der Waals surface area contributed by atoms with E-state index in [-0.39, 0.29) is 48.8 Å². The number of benzene rings is 1. The molecule has 2 aliphatic heterocycles. The predicted octanol–water partition coefficient (Wildman–Crippen LogP) is 2.37. The minimum Gasteiger partial charge on any atom is -0.381 e. The zero-order valence-corrected chi connectivity index (χ0v) is 18.1. The van der Waals surface area contributed by atoms with Gasteiger partial charge in [0.25, 0.3) is 5.91 Å². The molecule has 8 nitrogen and oxygen atoms in total. The molecule has 2 aliphatic rings. The van der Waals surface area contributed by atoms with Gasteiger partial charge in [0.05, 0.1) is 17.5 Å². The van der Waals surface area contributed by atoms with Crippen LogP contribution in [0.25, 0.3) is 0 Å². The maximum absolute atomic E-state index is 14.8. The minimum absolute atomic E-state index is 0.00222. The van der Waals surface area contributed by atoms with Crippen LogP contribution >= 0.6 is 0 Å². The number of hydrogen-bond acceptors (Lipinski definition) is 6. The molecule has 1 aromatic carbocycles. The van der Waals surface area contributed by atoms with Crippen LogP contribution < -0.4 is 10.6 Å². The van der Waals surface area contributed by atoms with E-state index in [1.807, 2.05) is 0 Å². The number of hydrogen-bond donors (Lipinski definition) is 3. The first-order chi connectivity index (χ1) is 15.1. The van der Waals surface area contributed by atoms with E-state index in [9.17, 15) is 22.0 Å². The lowest BCUT2D eigenvalue weighted by Crippen LogP contribution is -2.67. The fourth-order valence-electron chi connectivity index (χ4n) is 4.24. The summed E-state index contributed by atoms with van der Waals surface area (Å²) in [5, 5.41) is 14.0. The summed E-state index contributed by atoms with van der Waals surface area (Å²) in [6, 6.07) is 6.07. The van der Waals surface area contributed by atoms with Crippen LogP contribution in [0.15, 0.2) is 36.5 Å². The summed E-state index contributed by atoms with van der Waals surface area (Å²) in [6.07, 6.45) is 1.24. The van der Waals surface area contributed by atoms with E-state index in [1.54, 1.807) is 0 Å². The van der Waals surface area contributed by atoms with Crippen molar-refractivity contribution < 1.29 is 26.7 Å². The third kappa shape index (κ3) is 3.75. The summed E-state index contributed by atoms with van der Waals surface area (Å²) in [5.41, 5.74) is -1.25. The number of sulfone groups is 1. The van der Waals surface area contributed by atoms with Crippen molar-refractivity contribution in [2.24, 2.45) is 0 Å². The number of carbonyl (C=O) groups excluding carboxylic acids is 1. The number of ether oxygens (including phenoxy) is 1. The molecule has 1 amide bonds. The predicted molar refractivity (Wildman–Crippen MR) is 113 cm³/mol. The van der Waals surface area contributed by atoms with Gasteiger partial charge in [0.15, 0.2) is 9.84 Å². The average molecular weight is 464 g/mol. The average Bonchev–Trinajstić information content (AvgIpc) is 2.74. The molecule has 0 saturated carbocycles. The Morgan fingerprint density at radius 3 is 2.56 bits per heavy atom. The lowest BCUT2D eigenvalue weighted by Gasteiger charge is -2.47. The lowest BCUT2D eigenvalue weighted by atomic mass is 9.89. The van der Waals surface area contributed by atoms with E-state index in [0.717, 1.165) is 18.3 Å². The molecule has 1 spiro atoms. The Morgan fingerprint density at radius 2 is 1.94 bits per heavy atom. The molecule has 11 heteroatoms. The van der Waals surface area contributed by atoms with E-state index in [4.69, 9.17) is 10.1 Å². The summed E-state index contributed by atoms with van der Waals surface area (Å²) in [6.45, 7) is 1.97. The Morgan fingerprint density at radius 1 is 1.22 bits per heavy atom. The summed E-state index contributed by atoms with van der Waals surface area (Å²) in [7, 11) is -3.82. The molecule has 0 bridgehead atoms. The van der Waals surface area contributed by atoms with Crippen molar-refractivity contribution in [2.75, 3.05) is 24.3 Å². The summed E-state index contributed by atoms with van der Waals surface area (Å²) >= 11 is 0. The Hall–Kier alpha value is -2.92. The van der Waals surface area contributed by atoms with Crippen molar-refractivity contribution in [2.45, 2.75) is 30.1 Å². The standard InChI is InChI=1S/C21H22F2N4O4S/c1-20(12-32(29,30)21(19(24)27-20)6-8-31-9-7-21)15-10-14(3-4-16(15)23)26-18(28)17-5-2-13(22)11-25-17/h2-5,10-11H,6-9,12H2,1H3,(H2,24,27)(H,26,28)/t20-/m0/s1. The van der Waals surface area contributed by atoms with Gasteiger partial charge in [-0.1, -0.05) is 0 Å². The molecule has 0 radical (unpaired) electrons. The van der Waals surface area contributed by atoms with Crippen molar-refractivity contribution in [3.05, 3.63) is 59.4 Å². The molecule has 2 aromatic rings. The molecule has 1 aromatic heterocycles. The highest BCUT2D eigenvalue weighted by Crippen LogP contribution is 2.40. The Bertz CT molecular complexity index is 1180. The lowest BCUT2D eigenvalue weighted by molar-refractivity contribution is 0.0861. The fourth-order valence-corrected chi connectivity index (χ4v) is 6.65. The maximum Gasteiger partial charge on any atom is 0.274 e. The third-order valence-corrected chi connectivity index (χ3v) is 8.77. The highest BCUT2D eigenvalue weighted by Gasteiger charge is 2.56. The molecule has 3 N–H and O–H groups in total. The summed E-state index contributed by atoms with van der Waals surface area (Å²) in [4.78, 5) is 16.1. The molecule has 170 valence electrons. The number of aromatic nitrogens is 1. The molecule has 0 unspecified atom stereocenters. The van der Waals surface area contributed by atoms with Crippen LogP contribution in [-0.2, 0) is 20.1 Å². The van der Waals surface area contributed by atoms with Crippen molar-refractivity contribution in [3.63, 3.8) is 0 Å². The van der Waals surface area contributed by atoms with Gasteiger partial charge in [0.2, 0.25) is 0 Å². The maximum atomic E-state index is 14.8. The van der Waals surface area contributed by atoms with Gasteiger partial charge >= 0.3 is 0 Å². The number of carbonyl (C=O) groups is 1. The van der Waals surface area contributed by atoms with Gasteiger partial charge in [0.1, 0.15) is 27.9 Å². The number of rotatable bonds is 3. The second-order valence-corrected chi connectivity index (χ2v) is 10.5. The monoisotopic (exact) mass is 464 g/mol. The van der Waals surface area contributed by atoms with Crippen LogP contribution in [0.5, 0.6) is 0 Å². The third-order valence-electron chi connectivity index (χ3n) is 6.01. The van der Waals surface area contributed by atoms with E-state index >= 15 is 0 Å². The number of nitrogens with zero attached hydrogens (tertiary/aromatic N) is 1. The SMILES string of the molecule is C[C@@]1(c2cc(NC(=O)c3ccc(F)cn3)ccc2F)CS(=O)(=O)C2(CCOCC2)C(=N)N1. The second kappa shape index (κ2) is 7.89. The smallest absolute Gasteiger partial charge is 0.274 e. The first-order valence-electron chi connectivity index (χ1n) is 9.97. The topological polar surface area (TPSA) is 121 Å². The number of amides is 1. The van der Waals surface area contributed by atoms with Gasteiger partial charge in [-0.05, 0) is 50.1 Å². The van der Waals surface area contributed by atoms with E-state index in [0.29, 0.717) is 0 Å². The van der Waals surface area contributed by atoms with Crippen LogP contribution in [0.3, 0.4) is 0 Å². The molecule has 0 aliphatic carbocycles. The van der Waals surface area contributed by atoms with Crippen LogP contribution in [0.2, 0.25) is 0 Å². The van der Waals surface area contributed by atoms with E-state index < -0.39 is 43.4 Å². The zero-order chi connectivity index (χ0) is 23.1. The molecular formula is C21H22F2N4O4S. The number of halogens is 2. The van der Waals surface area contributed by atoms with Gasteiger partial charge in [0, 0.05) is 24.5 Å². The number of amidine groups is 1. The van der Waals surface area contributed by atoms with Crippen LogP contribution in [0, 0.1) is 17.0 Å². The van der Waals surface area contributed by atoms with Gasteiger partial charge < -0.3 is 15.4 Å². The molecule has 2 fully saturated rings. The van der Waals surface area contributed by atoms with Crippen molar-refractivity contribution in [3.8, 4) is 0 Å². The van der Waals surface area contributed by atoms with Crippen LogP contribution in [-0.4, -0.2) is 48.9 Å². The van der Waals surface area contributed by atoms with Crippen molar-refractivity contribution in [1.82, 2.24) is 10.3 Å². The summed E-state index contributed by atoms with van der Waals surface area (Å²) < 4.78 is 58.3. The first-order valence-corrected chi connectivity index (χ1v) is 11.6. The van der Waals surface area contributed by atoms with Gasteiger partial charge in [-0.25, -0.2) is 22.2 Å². The Balaban J connectivity index is 1.64. The van der Waals surface area contributed by atoms with Crippen LogP contribution in [0.4, 0.5) is 14.5 Å². The molecule has 4 rings (SSSR count). The first kappa shape index (κ1) is 22.3. The molecule has 3 heterocycles. The van der Waals surface area contributed by atoms with Crippen LogP contribution in [0.1, 0.15) is 35.8 Å². The Labute approximate surface area is 183 Å². The number of nitrogens with one attached hydrogen (secondary N) is 3. The fraction of sp³-hybridized carbons (Fsp3) is 0.381. The largest absolute Gasteiger partial charge is 0.381 e. The molecule has 32 heavy (non-hydrogen) atoms. The van der Waals surface area contributed by atoms with E-state index in [1.165, 1.54) is 25.1 Å². The summed E-state index contributed by atoms with van der Waals surface area (Å²) in [5.74, 6) is -2.50. The molecule has 1 atom stereocenters. The van der Waals surface area contributed by atoms with Crippen molar-refractivity contribution in [1.29, 1.82) is 5.41 Å². The molecule has 2 saturated heterocycles. The zero-order valence-electron chi connectivity index (χ0n) is 17.2. The number of anilines is 1. The van der Waals surface area contributed by atoms with Gasteiger partial charge in [-0.2, -0.15) is 0 Å². The normalized spacial score (nSPS) is 24.0. The number of pyridine rings is 1.